The molecular formula is C45H27NS. The van der Waals surface area contributed by atoms with Gasteiger partial charge in [0.05, 0.1) is 11.2 Å². The van der Waals surface area contributed by atoms with Crippen molar-refractivity contribution in [2.45, 2.75) is 0 Å². The lowest BCUT2D eigenvalue weighted by molar-refractivity contribution is 1.43. The summed E-state index contributed by atoms with van der Waals surface area (Å²) in [7, 11) is 0. The minimum Gasteiger partial charge on any atom is -0.247 e. The summed E-state index contributed by atoms with van der Waals surface area (Å²) in [5.74, 6) is 0. The maximum atomic E-state index is 5.19. The van der Waals surface area contributed by atoms with Crippen molar-refractivity contribution in [2.24, 2.45) is 0 Å². The molecule has 0 N–H and O–H groups in total. The average molecular weight is 614 g/mol. The van der Waals surface area contributed by atoms with Gasteiger partial charge >= 0.3 is 0 Å². The number of aromatic nitrogens is 1. The molecular weight excluding hydrogens is 587 g/mol. The first kappa shape index (κ1) is 26.4. The topological polar surface area (TPSA) is 12.9 Å². The van der Waals surface area contributed by atoms with Gasteiger partial charge in [-0.2, -0.15) is 0 Å². The van der Waals surface area contributed by atoms with Crippen LogP contribution in [-0.4, -0.2) is 4.98 Å². The number of rotatable bonds is 3. The van der Waals surface area contributed by atoms with E-state index in [9.17, 15) is 0 Å². The number of para-hydroxylation sites is 1. The Morgan fingerprint density at radius 2 is 1.04 bits per heavy atom. The second kappa shape index (κ2) is 10.3. The Kier molecular flexibility index (Phi) is 5.81. The first-order valence-corrected chi connectivity index (χ1v) is 16.9. The third-order valence-corrected chi connectivity index (χ3v) is 10.8. The van der Waals surface area contributed by atoms with E-state index in [1.807, 2.05) is 11.3 Å². The van der Waals surface area contributed by atoms with E-state index in [1.54, 1.807) is 0 Å². The van der Waals surface area contributed by atoms with Crippen molar-refractivity contribution in [3.05, 3.63) is 164 Å². The van der Waals surface area contributed by atoms with E-state index in [0.717, 1.165) is 16.8 Å². The molecule has 0 radical (unpaired) electrons. The molecule has 10 aromatic rings. The van der Waals surface area contributed by atoms with E-state index in [2.05, 4.69) is 164 Å². The Hall–Kier alpha value is -5.83. The summed E-state index contributed by atoms with van der Waals surface area (Å²) in [6, 6.07) is 59.5. The Labute approximate surface area is 276 Å². The quantitative estimate of drug-likeness (QED) is 0.181. The van der Waals surface area contributed by atoms with Gasteiger partial charge in [0, 0.05) is 41.9 Å². The summed E-state index contributed by atoms with van der Waals surface area (Å²) in [6.45, 7) is 0. The molecule has 8 aromatic carbocycles. The van der Waals surface area contributed by atoms with Crippen molar-refractivity contribution in [1.29, 1.82) is 0 Å². The van der Waals surface area contributed by atoms with E-state index in [0.29, 0.717) is 0 Å². The van der Waals surface area contributed by atoms with Gasteiger partial charge < -0.3 is 0 Å². The smallest absolute Gasteiger partial charge is 0.0788 e. The van der Waals surface area contributed by atoms with E-state index < -0.39 is 0 Å². The van der Waals surface area contributed by atoms with Crippen LogP contribution in [0.1, 0.15) is 0 Å². The molecule has 0 spiro atoms. The first-order chi connectivity index (χ1) is 23.3. The monoisotopic (exact) mass is 613 g/mol. The molecule has 47 heavy (non-hydrogen) atoms. The Bertz CT molecular complexity index is 2840. The molecule has 2 aromatic heterocycles. The number of nitrogens with zero attached hydrogens (tertiary/aromatic N) is 1. The van der Waals surface area contributed by atoms with Gasteiger partial charge in [0.15, 0.2) is 0 Å². The van der Waals surface area contributed by atoms with Gasteiger partial charge in [-0.25, -0.2) is 4.98 Å². The molecule has 0 bridgehead atoms. The second-order valence-electron chi connectivity index (χ2n) is 12.3. The fourth-order valence-electron chi connectivity index (χ4n) is 7.52. The van der Waals surface area contributed by atoms with Crippen LogP contribution in [0, 0.1) is 0 Å². The van der Waals surface area contributed by atoms with Gasteiger partial charge in [-0.15, -0.1) is 11.3 Å². The van der Waals surface area contributed by atoms with E-state index >= 15 is 0 Å². The molecule has 0 aliphatic rings. The van der Waals surface area contributed by atoms with Gasteiger partial charge in [0.1, 0.15) is 0 Å². The van der Waals surface area contributed by atoms with Crippen molar-refractivity contribution in [2.75, 3.05) is 0 Å². The number of thiophene rings is 1. The number of hydrogen-bond acceptors (Lipinski definition) is 2. The second-order valence-corrected chi connectivity index (χ2v) is 13.3. The molecule has 218 valence electrons. The van der Waals surface area contributed by atoms with Crippen molar-refractivity contribution < 1.29 is 0 Å². The van der Waals surface area contributed by atoms with Gasteiger partial charge in [0.25, 0.3) is 0 Å². The van der Waals surface area contributed by atoms with Crippen molar-refractivity contribution in [3.63, 3.8) is 0 Å². The van der Waals surface area contributed by atoms with Crippen molar-refractivity contribution in [3.8, 4) is 33.5 Å². The number of benzene rings is 8. The molecule has 0 aliphatic carbocycles. The van der Waals surface area contributed by atoms with Gasteiger partial charge in [-0.1, -0.05) is 140 Å². The summed E-state index contributed by atoms with van der Waals surface area (Å²) in [4.78, 5) is 5.19. The Morgan fingerprint density at radius 1 is 0.383 bits per heavy atom. The highest BCUT2D eigenvalue weighted by molar-refractivity contribution is 7.26. The van der Waals surface area contributed by atoms with Gasteiger partial charge in [-0.05, 0) is 68.1 Å². The van der Waals surface area contributed by atoms with Crippen LogP contribution in [0.15, 0.2) is 164 Å². The van der Waals surface area contributed by atoms with Crippen LogP contribution in [0.4, 0.5) is 0 Å². The van der Waals surface area contributed by atoms with Gasteiger partial charge in [-0.3, -0.25) is 0 Å². The first-order valence-electron chi connectivity index (χ1n) is 16.1. The molecule has 0 saturated heterocycles. The minimum absolute atomic E-state index is 1.03. The largest absolute Gasteiger partial charge is 0.247 e. The molecule has 0 saturated carbocycles. The predicted octanol–water partition coefficient (Wildman–Crippen LogP) is 13.1. The fourth-order valence-corrected chi connectivity index (χ4v) is 8.77. The number of pyridine rings is 1. The van der Waals surface area contributed by atoms with Crippen LogP contribution < -0.4 is 0 Å². The maximum Gasteiger partial charge on any atom is 0.0788 e. The third kappa shape index (κ3) is 4.05. The van der Waals surface area contributed by atoms with Crippen LogP contribution in [0.25, 0.3) is 96.9 Å². The van der Waals surface area contributed by atoms with Crippen LogP contribution in [0.5, 0.6) is 0 Å². The summed E-state index contributed by atoms with van der Waals surface area (Å²) in [5, 5.41) is 11.4. The lowest BCUT2D eigenvalue weighted by Gasteiger charge is -2.13. The van der Waals surface area contributed by atoms with Crippen LogP contribution in [-0.2, 0) is 0 Å². The predicted molar refractivity (Wildman–Crippen MR) is 203 cm³/mol. The van der Waals surface area contributed by atoms with Crippen LogP contribution in [0.3, 0.4) is 0 Å². The Morgan fingerprint density at radius 3 is 1.91 bits per heavy atom. The zero-order valence-corrected chi connectivity index (χ0v) is 26.3. The van der Waals surface area contributed by atoms with Gasteiger partial charge in [0.2, 0.25) is 0 Å². The highest BCUT2D eigenvalue weighted by atomic mass is 32.1. The fraction of sp³-hybridized carbons (Fsp3) is 0. The molecule has 2 heterocycles. The lowest BCUT2D eigenvalue weighted by Crippen LogP contribution is -1.90. The number of hydrogen-bond donors (Lipinski definition) is 0. The SMILES string of the molecule is c1ccc(-c2nc3ccccc3c3c2ccc2sc4c(-c5cccc(-c6cc7ccccc7c7ccccc67)c5)cccc4c23)cc1. The van der Waals surface area contributed by atoms with Crippen molar-refractivity contribution in [1.82, 2.24) is 4.98 Å². The lowest BCUT2D eigenvalue weighted by atomic mass is 9.91. The third-order valence-electron chi connectivity index (χ3n) is 9.62. The highest BCUT2D eigenvalue weighted by Crippen LogP contribution is 2.46. The molecule has 0 unspecified atom stereocenters. The zero-order chi connectivity index (χ0) is 30.9. The molecule has 2 heteroatoms. The standard InChI is InChI=1S/C45H27NS/c1-2-12-28(13-3-1)44-37-24-25-41-43(42(37)36-20-8-9-23-40(36)46-44)38-22-11-21-33(45(38)47-41)29-15-10-16-30(26-29)39-27-31-14-4-5-17-32(31)34-18-6-7-19-35(34)39/h1-27H. The molecule has 0 atom stereocenters. The molecule has 10 rings (SSSR count). The molecule has 1 nitrogen and oxygen atoms in total. The van der Waals surface area contributed by atoms with E-state index in [1.165, 1.54) is 80.1 Å². The van der Waals surface area contributed by atoms with Crippen molar-refractivity contribution >= 4 is 74.7 Å². The molecule has 0 amide bonds. The summed E-state index contributed by atoms with van der Waals surface area (Å²) < 4.78 is 2.62. The highest BCUT2D eigenvalue weighted by Gasteiger charge is 2.18. The summed E-state index contributed by atoms with van der Waals surface area (Å²) in [6.07, 6.45) is 0. The number of fused-ring (bicyclic) bond motifs is 10. The van der Waals surface area contributed by atoms with Crippen LogP contribution >= 0.6 is 11.3 Å². The minimum atomic E-state index is 1.03. The summed E-state index contributed by atoms with van der Waals surface area (Å²) >= 11 is 1.89. The van der Waals surface area contributed by atoms with E-state index in [4.69, 9.17) is 4.98 Å². The Balaban J connectivity index is 1.23. The van der Waals surface area contributed by atoms with Crippen LogP contribution in [0.2, 0.25) is 0 Å². The molecule has 0 aliphatic heterocycles. The molecule has 0 fully saturated rings. The zero-order valence-electron chi connectivity index (χ0n) is 25.4. The maximum absolute atomic E-state index is 5.19. The van der Waals surface area contributed by atoms with E-state index in [-0.39, 0.29) is 0 Å². The average Bonchev–Trinajstić information content (AvgIpc) is 3.54. The summed E-state index contributed by atoms with van der Waals surface area (Å²) in [5.41, 5.74) is 8.20. The normalized spacial score (nSPS) is 11.8.